The summed E-state index contributed by atoms with van der Waals surface area (Å²) >= 11 is 0. The molecule has 2 atom stereocenters. The third kappa shape index (κ3) is 1.75. The normalized spacial score (nSPS) is 39.4. The molecule has 3 aliphatic rings. The Morgan fingerprint density at radius 3 is 2.31 bits per heavy atom. The first-order chi connectivity index (χ1) is 7.70. The van der Waals surface area contributed by atoms with Crippen LogP contribution in [0, 0.1) is 17.8 Å². The molecule has 0 aromatic heterocycles. The lowest BCUT2D eigenvalue weighted by atomic mass is 9.80. The van der Waals surface area contributed by atoms with Crippen LogP contribution in [0.25, 0.3) is 0 Å². The number of carbonyl (C=O) groups is 1. The SMILES string of the molecule is O=C(NCC1(O)CCC1)C1C2CCCCC21. The van der Waals surface area contributed by atoms with Gasteiger partial charge in [0.05, 0.1) is 5.60 Å². The summed E-state index contributed by atoms with van der Waals surface area (Å²) in [7, 11) is 0. The second kappa shape index (κ2) is 3.73. The van der Waals surface area contributed by atoms with Crippen LogP contribution in [-0.2, 0) is 4.79 Å². The Kier molecular flexibility index (Phi) is 2.46. The van der Waals surface area contributed by atoms with Gasteiger partial charge in [0, 0.05) is 12.5 Å². The largest absolute Gasteiger partial charge is 0.388 e. The van der Waals surface area contributed by atoms with Gasteiger partial charge in [-0.2, -0.15) is 0 Å². The maximum atomic E-state index is 11.9. The minimum atomic E-state index is -0.574. The second-order valence-corrected chi connectivity index (χ2v) is 5.93. The molecular formula is C13H21NO2. The van der Waals surface area contributed by atoms with Crippen molar-refractivity contribution in [3.05, 3.63) is 0 Å². The Bertz CT molecular complexity index is 286. The van der Waals surface area contributed by atoms with Crippen molar-refractivity contribution >= 4 is 5.91 Å². The standard InChI is InChI=1S/C13H21NO2/c15-12(14-8-13(16)6-3-7-13)11-9-4-1-2-5-10(9)11/h9-11,16H,1-8H2,(H,14,15). The van der Waals surface area contributed by atoms with Crippen LogP contribution in [0.2, 0.25) is 0 Å². The van der Waals surface area contributed by atoms with Crippen LogP contribution in [0.1, 0.15) is 44.9 Å². The van der Waals surface area contributed by atoms with Crippen molar-refractivity contribution in [2.75, 3.05) is 6.54 Å². The van der Waals surface area contributed by atoms with Gasteiger partial charge in [0.15, 0.2) is 0 Å². The molecule has 0 saturated heterocycles. The van der Waals surface area contributed by atoms with E-state index in [1.54, 1.807) is 0 Å². The maximum Gasteiger partial charge on any atom is 0.223 e. The molecule has 0 heterocycles. The molecule has 0 aliphatic heterocycles. The van der Waals surface area contributed by atoms with E-state index in [1.165, 1.54) is 25.7 Å². The molecule has 90 valence electrons. The van der Waals surface area contributed by atoms with E-state index in [9.17, 15) is 9.90 Å². The van der Waals surface area contributed by atoms with Gasteiger partial charge in [-0.15, -0.1) is 0 Å². The van der Waals surface area contributed by atoms with Gasteiger partial charge < -0.3 is 10.4 Å². The minimum absolute atomic E-state index is 0.206. The van der Waals surface area contributed by atoms with E-state index in [0.717, 1.165) is 19.3 Å². The molecule has 3 saturated carbocycles. The van der Waals surface area contributed by atoms with Gasteiger partial charge in [0.1, 0.15) is 0 Å². The summed E-state index contributed by atoms with van der Waals surface area (Å²) in [5, 5.41) is 12.9. The first-order valence-electron chi connectivity index (χ1n) is 6.70. The highest BCUT2D eigenvalue weighted by Crippen LogP contribution is 2.55. The second-order valence-electron chi connectivity index (χ2n) is 5.93. The zero-order valence-corrected chi connectivity index (χ0v) is 9.74. The molecule has 2 unspecified atom stereocenters. The number of carbonyl (C=O) groups excluding carboxylic acids is 1. The van der Waals surface area contributed by atoms with Gasteiger partial charge in [0.2, 0.25) is 5.91 Å². The Labute approximate surface area is 96.6 Å². The number of hydrogen-bond acceptors (Lipinski definition) is 2. The zero-order valence-electron chi connectivity index (χ0n) is 9.74. The molecule has 3 heteroatoms. The van der Waals surface area contributed by atoms with Crippen molar-refractivity contribution in [2.24, 2.45) is 17.8 Å². The van der Waals surface area contributed by atoms with Gasteiger partial charge >= 0.3 is 0 Å². The lowest BCUT2D eigenvalue weighted by Gasteiger charge is -2.36. The number of rotatable bonds is 3. The third-order valence-corrected chi connectivity index (χ3v) is 4.84. The topological polar surface area (TPSA) is 49.3 Å². The number of nitrogens with one attached hydrogen (secondary N) is 1. The van der Waals surface area contributed by atoms with Crippen molar-refractivity contribution < 1.29 is 9.90 Å². The summed E-state index contributed by atoms with van der Waals surface area (Å²) in [4.78, 5) is 11.9. The summed E-state index contributed by atoms with van der Waals surface area (Å²) in [5.74, 6) is 1.83. The predicted octanol–water partition coefficient (Wildman–Crippen LogP) is 1.45. The molecule has 3 rings (SSSR count). The van der Waals surface area contributed by atoms with Crippen LogP contribution in [0.3, 0.4) is 0 Å². The molecule has 0 bridgehead atoms. The average molecular weight is 223 g/mol. The van der Waals surface area contributed by atoms with Gasteiger partial charge in [-0.1, -0.05) is 12.8 Å². The van der Waals surface area contributed by atoms with E-state index in [4.69, 9.17) is 0 Å². The number of amides is 1. The van der Waals surface area contributed by atoms with E-state index >= 15 is 0 Å². The monoisotopic (exact) mass is 223 g/mol. The molecule has 3 nitrogen and oxygen atoms in total. The molecule has 2 N–H and O–H groups in total. The highest BCUT2D eigenvalue weighted by molar-refractivity contribution is 5.82. The summed E-state index contributed by atoms with van der Waals surface area (Å²) in [6.45, 7) is 0.474. The smallest absolute Gasteiger partial charge is 0.223 e. The van der Waals surface area contributed by atoms with Crippen molar-refractivity contribution in [1.82, 2.24) is 5.32 Å². The summed E-state index contributed by atoms with van der Waals surface area (Å²) in [6, 6.07) is 0. The first kappa shape index (κ1) is 10.6. The maximum absolute atomic E-state index is 11.9. The highest BCUT2D eigenvalue weighted by Gasteiger charge is 2.54. The number of aliphatic hydroxyl groups is 1. The van der Waals surface area contributed by atoms with E-state index in [-0.39, 0.29) is 11.8 Å². The van der Waals surface area contributed by atoms with Crippen molar-refractivity contribution in [3.63, 3.8) is 0 Å². The van der Waals surface area contributed by atoms with Crippen LogP contribution < -0.4 is 5.32 Å². The zero-order chi connectivity index (χ0) is 11.2. The summed E-state index contributed by atoms with van der Waals surface area (Å²) in [6.07, 6.45) is 7.89. The van der Waals surface area contributed by atoms with E-state index in [1.807, 2.05) is 0 Å². The lowest BCUT2D eigenvalue weighted by Crippen LogP contribution is -2.48. The Hall–Kier alpha value is -0.570. The van der Waals surface area contributed by atoms with Gasteiger partial charge in [-0.25, -0.2) is 0 Å². The first-order valence-corrected chi connectivity index (χ1v) is 6.70. The van der Waals surface area contributed by atoms with Crippen molar-refractivity contribution in [3.8, 4) is 0 Å². The molecule has 1 amide bonds. The summed E-state index contributed by atoms with van der Waals surface area (Å²) in [5.41, 5.74) is -0.574. The van der Waals surface area contributed by atoms with Crippen molar-refractivity contribution in [2.45, 2.75) is 50.5 Å². The molecule has 3 aliphatic carbocycles. The molecule has 3 fully saturated rings. The van der Waals surface area contributed by atoms with Crippen LogP contribution >= 0.6 is 0 Å². The van der Waals surface area contributed by atoms with Crippen molar-refractivity contribution in [1.29, 1.82) is 0 Å². The highest BCUT2D eigenvalue weighted by atomic mass is 16.3. The van der Waals surface area contributed by atoms with Gasteiger partial charge in [-0.3, -0.25) is 4.79 Å². The van der Waals surface area contributed by atoms with E-state index in [0.29, 0.717) is 18.4 Å². The quantitative estimate of drug-likeness (QED) is 0.761. The van der Waals surface area contributed by atoms with Crippen LogP contribution in [-0.4, -0.2) is 23.2 Å². The Morgan fingerprint density at radius 1 is 1.19 bits per heavy atom. The fourth-order valence-corrected chi connectivity index (χ4v) is 3.51. The Balaban J connectivity index is 1.47. The molecule has 0 radical (unpaired) electrons. The minimum Gasteiger partial charge on any atom is -0.388 e. The van der Waals surface area contributed by atoms with Crippen LogP contribution in [0.15, 0.2) is 0 Å². The van der Waals surface area contributed by atoms with E-state index < -0.39 is 5.60 Å². The lowest BCUT2D eigenvalue weighted by molar-refractivity contribution is -0.125. The fourth-order valence-electron chi connectivity index (χ4n) is 3.51. The molecule has 0 aromatic carbocycles. The van der Waals surface area contributed by atoms with Gasteiger partial charge in [-0.05, 0) is 43.9 Å². The number of fused-ring (bicyclic) bond motifs is 1. The Morgan fingerprint density at radius 2 is 1.81 bits per heavy atom. The van der Waals surface area contributed by atoms with Crippen LogP contribution in [0.4, 0.5) is 0 Å². The third-order valence-electron chi connectivity index (χ3n) is 4.84. The predicted molar refractivity (Wildman–Crippen MR) is 60.7 cm³/mol. The molecule has 0 aromatic rings. The summed E-state index contributed by atoms with van der Waals surface area (Å²) < 4.78 is 0. The van der Waals surface area contributed by atoms with Gasteiger partial charge in [0.25, 0.3) is 0 Å². The molecular weight excluding hydrogens is 202 g/mol. The van der Waals surface area contributed by atoms with Crippen LogP contribution in [0.5, 0.6) is 0 Å². The number of hydrogen-bond donors (Lipinski definition) is 2. The fraction of sp³-hybridized carbons (Fsp3) is 0.923. The molecule has 0 spiro atoms. The average Bonchev–Trinajstić information content (AvgIpc) is 2.97. The molecule has 16 heavy (non-hydrogen) atoms. The van der Waals surface area contributed by atoms with E-state index in [2.05, 4.69) is 5.32 Å².